The van der Waals surface area contributed by atoms with Gasteiger partial charge >= 0.3 is 5.97 Å². The van der Waals surface area contributed by atoms with Crippen molar-refractivity contribution < 1.29 is 19.0 Å². The maximum atomic E-state index is 13.4. The van der Waals surface area contributed by atoms with Gasteiger partial charge in [0.25, 0.3) is 0 Å². The molecule has 102 valence electrons. The first-order valence-electron chi connectivity index (χ1n) is 6.37. The van der Waals surface area contributed by atoms with Crippen molar-refractivity contribution >= 4 is 5.97 Å². The van der Waals surface area contributed by atoms with Gasteiger partial charge < -0.3 is 9.84 Å². The molecule has 3 nitrogen and oxygen atoms in total. The molecule has 0 bridgehead atoms. The van der Waals surface area contributed by atoms with Crippen molar-refractivity contribution in [1.29, 1.82) is 0 Å². The quantitative estimate of drug-likeness (QED) is 0.910. The monoisotopic (exact) mass is 272 g/mol. The maximum absolute atomic E-state index is 13.4. The summed E-state index contributed by atoms with van der Waals surface area (Å²) in [6.07, 6.45) is 0.896. The Morgan fingerprint density at radius 3 is 2.85 bits per heavy atom. The summed E-state index contributed by atoms with van der Waals surface area (Å²) in [6, 6.07) is 9.15. The molecule has 0 spiro atoms. The van der Waals surface area contributed by atoms with E-state index in [4.69, 9.17) is 4.74 Å². The molecule has 1 aliphatic rings. The second-order valence-electron chi connectivity index (χ2n) is 4.95. The summed E-state index contributed by atoms with van der Waals surface area (Å²) in [4.78, 5) is 11.2. The van der Waals surface area contributed by atoms with Crippen LogP contribution in [-0.2, 0) is 6.42 Å². The van der Waals surface area contributed by atoms with Gasteiger partial charge in [-0.1, -0.05) is 6.07 Å². The standard InChI is InChI=1S/C16H13FO3/c1-9-6-11-7-10(2-5-15(11)20-9)14-8-12(17)3-4-13(14)16(18)19/h2-5,7-9H,6H2,1H3,(H,18,19). The Morgan fingerprint density at radius 1 is 1.30 bits per heavy atom. The van der Waals surface area contributed by atoms with Crippen molar-refractivity contribution in [3.05, 3.63) is 53.3 Å². The average molecular weight is 272 g/mol. The molecule has 1 heterocycles. The minimum atomic E-state index is -1.06. The predicted octanol–water partition coefficient (Wildman–Crippen LogP) is 3.51. The van der Waals surface area contributed by atoms with Crippen molar-refractivity contribution in [3.63, 3.8) is 0 Å². The molecule has 0 saturated heterocycles. The summed E-state index contributed by atoms with van der Waals surface area (Å²) < 4.78 is 19.0. The third kappa shape index (κ3) is 2.13. The number of halogens is 1. The lowest BCUT2D eigenvalue weighted by Gasteiger charge is -2.08. The van der Waals surface area contributed by atoms with Crippen LogP contribution in [0.3, 0.4) is 0 Å². The first kappa shape index (κ1) is 12.7. The summed E-state index contributed by atoms with van der Waals surface area (Å²) in [7, 11) is 0. The number of hydrogen-bond acceptors (Lipinski definition) is 2. The fourth-order valence-electron chi connectivity index (χ4n) is 2.53. The highest BCUT2D eigenvalue weighted by Gasteiger charge is 2.20. The number of ether oxygens (including phenoxy) is 1. The molecule has 0 amide bonds. The average Bonchev–Trinajstić information content (AvgIpc) is 2.77. The van der Waals surface area contributed by atoms with Gasteiger partial charge in [-0.3, -0.25) is 0 Å². The zero-order valence-corrected chi connectivity index (χ0v) is 10.9. The van der Waals surface area contributed by atoms with E-state index in [1.807, 2.05) is 19.1 Å². The maximum Gasteiger partial charge on any atom is 0.336 e. The molecule has 0 saturated carbocycles. The molecule has 1 aliphatic heterocycles. The Balaban J connectivity index is 2.12. The first-order chi connectivity index (χ1) is 9.54. The van der Waals surface area contributed by atoms with Crippen LogP contribution in [0, 0.1) is 5.82 Å². The van der Waals surface area contributed by atoms with Crippen molar-refractivity contribution in [2.45, 2.75) is 19.4 Å². The number of carbonyl (C=O) groups is 1. The number of hydrogen-bond donors (Lipinski definition) is 1. The lowest BCUT2D eigenvalue weighted by molar-refractivity contribution is 0.0697. The van der Waals surface area contributed by atoms with E-state index in [0.29, 0.717) is 11.1 Å². The second-order valence-corrected chi connectivity index (χ2v) is 4.95. The Morgan fingerprint density at radius 2 is 2.10 bits per heavy atom. The molecule has 0 aliphatic carbocycles. The largest absolute Gasteiger partial charge is 0.490 e. The van der Waals surface area contributed by atoms with Gasteiger partial charge in [0.15, 0.2) is 0 Å². The zero-order chi connectivity index (χ0) is 14.3. The van der Waals surface area contributed by atoms with Crippen molar-refractivity contribution in [2.75, 3.05) is 0 Å². The Hall–Kier alpha value is -2.36. The summed E-state index contributed by atoms with van der Waals surface area (Å²) in [5.41, 5.74) is 2.20. The summed E-state index contributed by atoms with van der Waals surface area (Å²) >= 11 is 0. The molecular weight excluding hydrogens is 259 g/mol. The molecule has 0 radical (unpaired) electrons. The lowest BCUT2D eigenvalue weighted by Crippen LogP contribution is -2.05. The first-order valence-corrected chi connectivity index (χ1v) is 6.37. The van der Waals surface area contributed by atoms with Crippen LogP contribution >= 0.6 is 0 Å². The Kier molecular flexibility index (Phi) is 2.93. The van der Waals surface area contributed by atoms with E-state index in [1.165, 1.54) is 12.1 Å². The SMILES string of the molecule is CC1Cc2cc(-c3cc(F)ccc3C(=O)O)ccc2O1. The Labute approximate surface area is 115 Å². The van der Waals surface area contributed by atoms with Gasteiger partial charge in [0.1, 0.15) is 17.7 Å². The minimum absolute atomic E-state index is 0.0957. The molecule has 2 aromatic carbocycles. The van der Waals surface area contributed by atoms with Gasteiger partial charge in [-0.05, 0) is 53.9 Å². The molecular formula is C16H13FO3. The summed E-state index contributed by atoms with van der Waals surface area (Å²) in [5.74, 6) is -0.699. The highest BCUT2D eigenvalue weighted by Crippen LogP contribution is 2.34. The van der Waals surface area contributed by atoms with Crippen molar-refractivity contribution in [3.8, 4) is 16.9 Å². The number of carboxylic acids is 1. The van der Waals surface area contributed by atoms with Crippen LogP contribution in [0.2, 0.25) is 0 Å². The van der Waals surface area contributed by atoms with Crippen LogP contribution in [0.25, 0.3) is 11.1 Å². The third-order valence-corrected chi connectivity index (χ3v) is 3.42. The smallest absolute Gasteiger partial charge is 0.336 e. The van der Waals surface area contributed by atoms with Gasteiger partial charge in [0.05, 0.1) is 5.56 Å². The molecule has 4 heteroatoms. The van der Waals surface area contributed by atoms with Crippen LogP contribution in [0.1, 0.15) is 22.8 Å². The van der Waals surface area contributed by atoms with Gasteiger partial charge in [-0.25, -0.2) is 9.18 Å². The predicted molar refractivity (Wildman–Crippen MR) is 72.6 cm³/mol. The van der Waals surface area contributed by atoms with Gasteiger partial charge in [-0.15, -0.1) is 0 Å². The van der Waals surface area contributed by atoms with Crippen molar-refractivity contribution in [2.24, 2.45) is 0 Å². The van der Waals surface area contributed by atoms with Crippen molar-refractivity contribution in [1.82, 2.24) is 0 Å². The third-order valence-electron chi connectivity index (χ3n) is 3.42. The number of aromatic carboxylic acids is 1. The summed E-state index contributed by atoms with van der Waals surface area (Å²) in [6.45, 7) is 1.98. The second kappa shape index (κ2) is 4.63. The van der Waals surface area contributed by atoms with E-state index in [9.17, 15) is 14.3 Å². The molecule has 0 aromatic heterocycles. The number of rotatable bonds is 2. The topological polar surface area (TPSA) is 46.5 Å². The van der Waals surface area contributed by atoms with E-state index in [0.717, 1.165) is 23.8 Å². The number of fused-ring (bicyclic) bond motifs is 1. The zero-order valence-electron chi connectivity index (χ0n) is 10.9. The fourth-order valence-corrected chi connectivity index (χ4v) is 2.53. The molecule has 2 aromatic rings. The van der Waals surface area contributed by atoms with Crippen LogP contribution in [0.5, 0.6) is 5.75 Å². The van der Waals surface area contributed by atoms with E-state index in [-0.39, 0.29) is 11.7 Å². The van der Waals surface area contributed by atoms with E-state index in [1.54, 1.807) is 6.07 Å². The van der Waals surface area contributed by atoms with E-state index in [2.05, 4.69) is 0 Å². The molecule has 20 heavy (non-hydrogen) atoms. The lowest BCUT2D eigenvalue weighted by atomic mass is 9.97. The molecule has 3 rings (SSSR count). The van der Waals surface area contributed by atoms with Gasteiger partial charge in [0.2, 0.25) is 0 Å². The summed E-state index contributed by atoms with van der Waals surface area (Å²) in [5, 5.41) is 9.21. The van der Waals surface area contributed by atoms with Gasteiger partial charge in [0, 0.05) is 6.42 Å². The molecule has 1 atom stereocenters. The van der Waals surface area contributed by atoms with E-state index >= 15 is 0 Å². The van der Waals surface area contributed by atoms with Crippen LogP contribution in [-0.4, -0.2) is 17.2 Å². The Bertz CT molecular complexity index is 694. The normalized spacial score (nSPS) is 16.6. The minimum Gasteiger partial charge on any atom is -0.490 e. The van der Waals surface area contributed by atoms with Crippen LogP contribution in [0.4, 0.5) is 4.39 Å². The van der Waals surface area contributed by atoms with E-state index < -0.39 is 11.8 Å². The number of carboxylic acid groups (broad SMARTS) is 1. The molecule has 1 N–H and O–H groups in total. The fraction of sp³-hybridized carbons (Fsp3) is 0.188. The number of benzene rings is 2. The highest BCUT2D eigenvalue weighted by molar-refractivity contribution is 5.96. The van der Waals surface area contributed by atoms with Gasteiger partial charge in [-0.2, -0.15) is 0 Å². The molecule has 0 fully saturated rings. The molecule has 1 unspecified atom stereocenters. The highest BCUT2D eigenvalue weighted by atomic mass is 19.1. The van der Waals surface area contributed by atoms with Crippen LogP contribution < -0.4 is 4.74 Å². The van der Waals surface area contributed by atoms with Crippen LogP contribution in [0.15, 0.2) is 36.4 Å².